The maximum absolute atomic E-state index is 11.8. The number of hydrogen-bond donors (Lipinski definition) is 3. The van der Waals surface area contributed by atoms with Crippen LogP contribution in [0.4, 0.5) is 11.4 Å². The Hall–Kier alpha value is -2.21. The van der Waals surface area contributed by atoms with Crippen LogP contribution in [0.3, 0.4) is 0 Å². The number of nitrogens with two attached hydrogens (primary N) is 3. The molecule has 0 saturated carbocycles. The van der Waals surface area contributed by atoms with Gasteiger partial charge in [0.2, 0.25) is 0 Å². The average molecular weight is 250 g/mol. The van der Waals surface area contributed by atoms with Gasteiger partial charge in [-0.2, -0.15) is 0 Å². The molecule has 98 valence electrons. The van der Waals surface area contributed by atoms with Gasteiger partial charge in [-0.05, 0) is 26.0 Å². The summed E-state index contributed by atoms with van der Waals surface area (Å²) in [5, 5.41) is 1.14. The van der Waals surface area contributed by atoms with E-state index in [9.17, 15) is 4.79 Å². The largest absolute Gasteiger partial charge is 0.461 e. The highest BCUT2D eigenvalue weighted by Gasteiger charge is 2.21. The predicted molar refractivity (Wildman–Crippen MR) is 71.0 cm³/mol. The first-order chi connectivity index (χ1) is 8.49. The summed E-state index contributed by atoms with van der Waals surface area (Å²) in [7, 11) is 0. The molecule has 6 nitrogen and oxygen atoms in total. The zero-order valence-electron chi connectivity index (χ0n) is 10.5. The second-order valence-electron chi connectivity index (χ2n) is 3.68. The van der Waals surface area contributed by atoms with Crippen LogP contribution in [0.1, 0.15) is 13.8 Å². The first-order valence-corrected chi connectivity index (χ1v) is 5.51. The lowest BCUT2D eigenvalue weighted by Gasteiger charge is -2.22. The monoisotopic (exact) mass is 250 g/mol. The fraction of sp³-hybridized carbons (Fsp3) is 0.250. The molecule has 0 spiro atoms. The van der Waals surface area contributed by atoms with Crippen molar-refractivity contribution in [3.05, 3.63) is 35.7 Å². The van der Waals surface area contributed by atoms with Gasteiger partial charge in [0.1, 0.15) is 0 Å². The van der Waals surface area contributed by atoms with Crippen molar-refractivity contribution >= 4 is 17.3 Å². The molecule has 0 aromatic heterocycles. The standard InChI is InChI=1S/C12H18N4O2/c1-3-18-12(17)11(8(2)13)16(15)10-7-5-4-6-9(10)14/h4-7H,3,13-15H2,1-2H3/b11-8+. The SMILES string of the molecule is CCOC(=O)/C(=C(/C)N)N(N)c1ccccc1N. The number of esters is 1. The molecule has 1 aromatic rings. The van der Waals surface area contributed by atoms with Crippen LogP contribution in [-0.4, -0.2) is 12.6 Å². The van der Waals surface area contributed by atoms with Crippen LogP contribution in [0.15, 0.2) is 35.7 Å². The third-order valence-corrected chi connectivity index (χ3v) is 2.28. The zero-order valence-corrected chi connectivity index (χ0v) is 10.5. The molecule has 0 aliphatic heterocycles. The van der Waals surface area contributed by atoms with E-state index in [2.05, 4.69) is 0 Å². The third-order valence-electron chi connectivity index (χ3n) is 2.28. The van der Waals surface area contributed by atoms with Gasteiger partial charge in [-0.25, -0.2) is 10.6 Å². The molecule has 0 heterocycles. The summed E-state index contributed by atoms with van der Waals surface area (Å²) in [6, 6.07) is 6.91. The molecule has 0 atom stereocenters. The highest BCUT2D eigenvalue weighted by Crippen LogP contribution is 2.24. The maximum Gasteiger partial charge on any atom is 0.358 e. The van der Waals surface area contributed by atoms with Gasteiger partial charge in [-0.15, -0.1) is 0 Å². The van der Waals surface area contributed by atoms with E-state index in [1.807, 2.05) is 0 Å². The molecule has 0 amide bonds. The minimum Gasteiger partial charge on any atom is -0.461 e. The van der Waals surface area contributed by atoms with Crippen LogP contribution in [0.2, 0.25) is 0 Å². The van der Waals surface area contributed by atoms with Crippen molar-refractivity contribution in [3.63, 3.8) is 0 Å². The molecule has 6 heteroatoms. The van der Waals surface area contributed by atoms with Crippen LogP contribution in [-0.2, 0) is 9.53 Å². The van der Waals surface area contributed by atoms with E-state index in [1.54, 1.807) is 38.1 Å². The van der Waals surface area contributed by atoms with Crippen molar-refractivity contribution in [1.29, 1.82) is 0 Å². The summed E-state index contributed by atoms with van der Waals surface area (Å²) >= 11 is 0. The number of anilines is 2. The molecule has 6 N–H and O–H groups in total. The van der Waals surface area contributed by atoms with Crippen LogP contribution in [0.5, 0.6) is 0 Å². The molecule has 1 aromatic carbocycles. The van der Waals surface area contributed by atoms with Crippen molar-refractivity contribution < 1.29 is 9.53 Å². The Morgan fingerprint density at radius 1 is 1.39 bits per heavy atom. The number of rotatable bonds is 4. The van der Waals surface area contributed by atoms with E-state index < -0.39 is 5.97 Å². The lowest BCUT2D eigenvalue weighted by Crippen LogP contribution is -2.37. The number of hydrogen-bond acceptors (Lipinski definition) is 6. The van der Waals surface area contributed by atoms with E-state index in [-0.39, 0.29) is 18.0 Å². The number of carbonyl (C=O) groups excluding carboxylic acids is 1. The molecule has 0 aliphatic rings. The number of nitrogens with zero attached hydrogens (tertiary/aromatic N) is 1. The van der Waals surface area contributed by atoms with Gasteiger partial charge in [0.15, 0.2) is 5.70 Å². The smallest absolute Gasteiger partial charge is 0.358 e. The van der Waals surface area contributed by atoms with E-state index in [0.717, 1.165) is 5.01 Å². The maximum atomic E-state index is 11.8. The lowest BCUT2D eigenvalue weighted by molar-refractivity contribution is -0.138. The Bertz CT molecular complexity index is 467. The molecule has 0 aliphatic carbocycles. The number of para-hydroxylation sites is 2. The number of allylic oxidation sites excluding steroid dienone is 1. The number of carbonyl (C=O) groups is 1. The van der Waals surface area contributed by atoms with Crippen molar-refractivity contribution in [3.8, 4) is 0 Å². The number of nitrogen functional groups attached to an aromatic ring is 1. The summed E-state index contributed by atoms with van der Waals surface area (Å²) in [5.74, 6) is 5.31. The summed E-state index contributed by atoms with van der Waals surface area (Å²) in [4.78, 5) is 11.8. The van der Waals surface area contributed by atoms with E-state index in [4.69, 9.17) is 22.0 Å². The normalized spacial score (nSPS) is 11.7. The van der Waals surface area contributed by atoms with Gasteiger partial charge in [0, 0.05) is 5.70 Å². The minimum atomic E-state index is -0.580. The summed E-state index contributed by atoms with van der Waals surface area (Å²) in [6.45, 7) is 3.53. The Morgan fingerprint density at radius 2 is 2.00 bits per heavy atom. The number of benzene rings is 1. The topological polar surface area (TPSA) is 108 Å². The Labute approximate surface area is 106 Å². The highest BCUT2D eigenvalue weighted by atomic mass is 16.5. The quantitative estimate of drug-likeness (QED) is 0.239. The second-order valence-corrected chi connectivity index (χ2v) is 3.68. The Morgan fingerprint density at radius 3 is 2.50 bits per heavy atom. The van der Waals surface area contributed by atoms with Gasteiger partial charge in [0.05, 0.1) is 18.0 Å². The predicted octanol–water partition coefficient (Wildman–Crippen LogP) is 0.702. The minimum absolute atomic E-state index is 0.0785. The third kappa shape index (κ3) is 2.92. The summed E-state index contributed by atoms with van der Waals surface area (Å²) in [5.41, 5.74) is 12.7. The van der Waals surface area contributed by atoms with Gasteiger partial charge in [-0.3, -0.25) is 5.01 Å². The second kappa shape index (κ2) is 5.92. The van der Waals surface area contributed by atoms with Crippen LogP contribution < -0.4 is 22.3 Å². The first-order valence-electron chi connectivity index (χ1n) is 5.51. The molecular formula is C12H18N4O2. The van der Waals surface area contributed by atoms with Crippen LogP contribution >= 0.6 is 0 Å². The molecule has 18 heavy (non-hydrogen) atoms. The van der Waals surface area contributed by atoms with E-state index >= 15 is 0 Å². The van der Waals surface area contributed by atoms with Crippen LogP contribution in [0, 0.1) is 0 Å². The molecule has 0 saturated heterocycles. The van der Waals surface area contributed by atoms with Gasteiger partial charge in [-0.1, -0.05) is 12.1 Å². The van der Waals surface area contributed by atoms with Crippen LogP contribution in [0.25, 0.3) is 0 Å². The Balaban J connectivity index is 3.14. The number of ether oxygens (including phenoxy) is 1. The summed E-state index contributed by atoms with van der Waals surface area (Å²) < 4.78 is 4.91. The highest BCUT2D eigenvalue weighted by molar-refractivity contribution is 5.94. The average Bonchev–Trinajstić information content (AvgIpc) is 2.29. The van der Waals surface area contributed by atoms with Crippen molar-refractivity contribution in [1.82, 2.24) is 0 Å². The van der Waals surface area contributed by atoms with Gasteiger partial charge in [0.25, 0.3) is 0 Å². The molecule has 0 bridgehead atoms. The fourth-order valence-corrected chi connectivity index (χ4v) is 1.48. The molecule has 0 unspecified atom stereocenters. The zero-order chi connectivity index (χ0) is 13.7. The molecular weight excluding hydrogens is 232 g/mol. The van der Waals surface area contributed by atoms with Gasteiger partial charge < -0.3 is 16.2 Å². The molecule has 0 fully saturated rings. The lowest BCUT2D eigenvalue weighted by atomic mass is 10.2. The van der Waals surface area contributed by atoms with Gasteiger partial charge >= 0.3 is 5.97 Å². The number of hydrazine groups is 1. The first kappa shape index (κ1) is 13.9. The Kier molecular flexibility index (Phi) is 4.56. The molecule has 1 rings (SSSR count). The van der Waals surface area contributed by atoms with Crippen molar-refractivity contribution in [2.24, 2.45) is 11.6 Å². The van der Waals surface area contributed by atoms with Crippen molar-refractivity contribution in [2.75, 3.05) is 17.3 Å². The van der Waals surface area contributed by atoms with E-state index in [0.29, 0.717) is 11.4 Å². The van der Waals surface area contributed by atoms with Crippen molar-refractivity contribution in [2.45, 2.75) is 13.8 Å². The fourth-order valence-electron chi connectivity index (χ4n) is 1.48. The van der Waals surface area contributed by atoms with E-state index in [1.165, 1.54) is 0 Å². The summed E-state index contributed by atoms with van der Waals surface area (Å²) in [6.07, 6.45) is 0. The molecule has 0 radical (unpaired) electrons.